The number of alkyl halides is 3. The molecular formula is C14H8F4INO. The molecule has 110 valence electrons. The van der Waals surface area contributed by atoms with Gasteiger partial charge in [-0.05, 0) is 52.9 Å². The van der Waals surface area contributed by atoms with Gasteiger partial charge in [0.15, 0.2) is 0 Å². The van der Waals surface area contributed by atoms with Crippen LogP contribution in [0.4, 0.5) is 23.2 Å². The summed E-state index contributed by atoms with van der Waals surface area (Å²) in [5, 5.41) is 2.11. The molecule has 2 aromatic rings. The van der Waals surface area contributed by atoms with Crippen molar-refractivity contribution in [3.05, 3.63) is 63.0 Å². The molecule has 2 aromatic carbocycles. The van der Waals surface area contributed by atoms with E-state index in [4.69, 9.17) is 0 Å². The minimum absolute atomic E-state index is 0.218. The van der Waals surface area contributed by atoms with Crippen molar-refractivity contribution in [2.45, 2.75) is 6.18 Å². The molecule has 7 heteroatoms. The zero-order valence-corrected chi connectivity index (χ0v) is 12.5. The van der Waals surface area contributed by atoms with Crippen molar-refractivity contribution in [2.75, 3.05) is 5.32 Å². The van der Waals surface area contributed by atoms with Crippen LogP contribution >= 0.6 is 22.6 Å². The van der Waals surface area contributed by atoms with Crippen molar-refractivity contribution in [1.29, 1.82) is 0 Å². The summed E-state index contributed by atoms with van der Waals surface area (Å²) in [6, 6.07) is 8.35. The lowest BCUT2D eigenvalue weighted by Gasteiger charge is -2.14. The number of benzene rings is 2. The van der Waals surface area contributed by atoms with Gasteiger partial charge < -0.3 is 5.32 Å². The monoisotopic (exact) mass is 409 g/mol. The predicted molar refractivity (Wildman–Crippen MR) is 78.5 cm³/mol. The van der Waals surface area contributed by atoms with E-state index in [9.17, 15) is 22.4 Å². The lowest BCUT2D eigenvalue weighted by atomic mass is 10.1. The summed E-state index contributed by atoms with van der Waals surface area (Å²) in [6.07, 6.45) is -4.68. The van der Waals surface area contributed by atoms with Crippen molar-refractivity contribution in [3.8, 4) is 0 Å². The number of halogens is 5. The van der Waals surface area contributed by atoms with E-state index in [1.807, 2.05) is 22.6 Å². The maximum absolute atomic E-state index is 13.1. The van der Waals surface area contributed by atoms with E-state index in [0.29, 0.717) is 21.8 Å². The van der Waals surface area contributed by atoms with Crippen molar-refractivity contribution in [2.24, 2.45) is 0 Å². The van der Waals surface area contributed by atoms with E-state index in [2.05, 4.69) is 5.32 Å². The van der Waals surface area contributed by atoms with Gasteiger partial charge in [-0.15, -0.1) is 0 Å². The number of amides is 1. The second kappa shape index (κ2) is 6.00. The first-order valence-electron chi connectivity index (χ1n) is 5.71. The van der Waals surface area contributed by atoms with Gasteiger partial charge in [-0.2, -0.15) is 13.2 Å². The Hall–Kier alpha value is -1.64. The molecule has 0 heterocycles. The molecule has 0 aliphatic heterocycles. The van der Waals surface area contributed by atoms with Crippen molar-refractivity contribution in [3.63, 3.8) is 0 Å². The normalized spacial score (nSPS) is 11.3. The van der Waals surface area contributed by atoms with E-state index in [1.165, 1.54) is 6.07 Å². The van der Waals surface area contributed by atoms with Crippen LogP contribution in [0.3, 0.4) is 0 Å². The number of hydrogen-bond acceptors (Lipinski definition) is 1. The van der Waals surface area contributed by atoms with Crippen LogP contribution < -0.4 is 5.32 Å². The summed E-state index contributed by atoms with van der Waals surface area (Å²) < 4.78 is 52.2. The second-order valence-corrected chi connectivity index (χ2v) is 5.28. The first-order valence-corrected chi connectivity index (χ1v) is 6.79. The Morgan fingerprint density at radius 3 is 2.38 bits per heavy atom. The fourth-order valence-corrected chi connectivity index (χ4v) is 2.33. The lowest BCUT2D eigenvalue weighted by Crippen LogP contribution is -2.17. The van der Waals surface area contributed by atoms with E-state index in [0.717, 1.165) is 0 Å². The largest absolute Gasteiger partial charge is 0.418 e. The third-order valence-corrected chi connectivity index (χ3v) is 3.59. The predicted octanol–water partition coefficient (Wildman–Crippen LogP) is 4.70. The van der Waals surface area contributed by atoms with Gasteiger partial charge in [-0.3, -0.25) is 4.79 Å². The van der Waals surface area contributed by atoms with E-state index in [-0.39, 0.29) is 5.56 Å². The highest BCUT2D eigenvalue weighted by Gasteiger charge is 2.34. The molecule has 0 aromatic heterocycles. The molecule has 0 aliphatic rings. The number of rotatable bonds is 2. The number of carbonyl (C=O) groups is 1. The van der Waals surface area contributed by atoms with E-state index >= 15 is 0 Å². The quantitative estimate of drug-likeness (QED) is 0.566. The summed E-state index contributed by atoms with van der Waals surface area (Å²) in [7, 11) is 0. The molecule has 0 spiro atoms. The number of anilines is 1. The molecule has 0 saturated heterocycles. The van der Waals surface area contributed by atoms with Gasteiger partial charge in [-0.25, -0.2) is 4.39 Å². The minimum atomic E-state index is -4.68. The molecule has 2 rings (SSSR count). The highest BCUT2D eigenvalue weighted by molar-refractivity contribution is 14.1. The Kier molecular flexibility index (Phi) is 4.50. The fraction of sp³-hybridized carbons (Fsp3) is 0.0714. The van der Waals surface area contributed by atoms with Crippen molar-refractivity contribution >= 4 is 34.2 Å². The zero-order valence-electron chi connectivity index (χ0n) is 10.3. The maximum atomic E-state index is 13.1. The third-order valence-electron chi connectivity index (χ3n) is 2.65. The SMILES string of the molecule is O=C(Nc1cc(F)ccc1C(F)(F)F)c1ccccc1I. The Morgan fingerprint density at radius 1 is 1.10 bits per heavy atom. The summed E-state index contributed by atoms with van der Waals surface area (Å²) in [5.41, 5.74) is -1.48. The number of carbonyl (C=O) groups excluding carboxylic acids is 1. The molecule has 0 atom stereocenters. The minimum Gasteiger partial charge on any atom is -0.321 e. The molecule has 0 saturated carbocycles. The Bertz CT molecular complexity index is 685. The standard InChI is InChI=1S/C14H8F4INO/c15-8-5-6-10(14(16,17)18)12(7-8)20-13(21)9-3-1-2-4-11(9)19/h1-7H,(H,20,21). The van der Waals surface area contributed by atoms with Crippen LogP contribution in [0, 0.1) is 9.39 Å². The van der Waals surface area contributed by atoms with Crippen LogP contribution in [0.15, 0.2) is 42.5 Å². The molecular weight excluding hydrogens is 401 g/mol. The molecule has 0 unspecified atom stereocenters. The van der Waals surface area contributed by atoms with Gasteiger partial charge in [0.05, 0.1) is 16.8 Å². The summed E-state index contributed by atoms with van der Waals surface area (Å²) in [4.78, 5) is 12.0. The van der Waals surface area contributed by atoms with Crippen LogP contribution in [-0.4, -0.2) is 5.91 Å². The smallest absolute Gasteiger partial charge is 0.321 e. The number of nitrogens with one attached hydrogen (secondary N) is 1. The molecule has 21 heavy (non-hydrogen) atoms. The lowest BCUT2D eigenvalue weighted by molar-refractivity contribution is -0.136. The summed E-state index contributed by atoms with van der Waals surface area (Å²) in [5.74, 6) is -1.59. The molecule has 1 N–H and O–H groups in total. The van der Waals surface area contributed by atoms with Gasteiger partial charge in [0.1, 0.15) is 5.82 Å². The highest BCUT2D eigenvalue weighted by atomic mass is 127. The summed E-state index contributed by atoms with van der Waals surface area (Å²) in [6.45, 7) is 0. The molecule has 1 amide bonds. The molecule has 2 nitrogen and oxygen atoms in total. The van der Waals surface area contributed by atoms with Crippen molar-refractivity contribution < 1.29 is 22.4 Å². The van der Waals surface area contributed by atoms with Crippen LogP contribution in [0.2, 0.25) is 0 Å². The second-order valence-electron chi connectivity index (χ2n) is 4.12. The van der Waals surface area contributed by atoms with Gasteiger partial charge in [0.2, 0.25) is 0 Å². The topological polar surface area (TPSA) is 29.1 Å². The third kappa shape index (κ3) is 3.72. The van der Waals surface area contributed by atoms with Crippen LogP contribution in [0.25, 0.3) is 0 Å². The average Bonchev–Trinajstić information content (AvgIpc) is 2.37. The summed E-state index contributed by atoms with van der Waals surface area (Å²) >= 11 is 1.89. The zero-order chi connectivity index (χ0) is 15.6. The van der Waals surface area contributed by atoms with Gasteiger partial charge in [0.25, 0.3) is 5.91 Å². The van der Waals surface area contributed by atoms with E-state index < -0.39 is 29.2 Å². The Labute approximate surface area is 131 Å². The first-order chi connectivity index (χ1) is 9.79. The molecule has 0 fully saturated rings. The van der Waals surface area contributed by atoms with E-state index in [1.54, 1.807) is 18.2 Å². The maximum Gasteiger partial charge on any atom is 0.418 e. The Balaban J connectivity index is 2.38. The van der Waals surface area contributed by atoms with Crippen LogP contribution in [0.1, 0.15) is 15.9 Å². The van der Waals surface area contributed by atoms with Crippen molar-refractivity contribution in [1.82, 2.24) is 0 Å². The Morgan fingerprint density at radius 2 is 1.76 bits per heavy atom. The first kappa shape index (κ1) is 15.7. The van der Waals surface area contributed by atoms with Gasteiger partial charge in [0, 0.05) is 3.57 Å². The van der Waals surface area contributed by atoms with Crippen LogP contribution in [-0.2, 0) is 6.18 Å². The highest BCUT2D eigenvalue weighted by Crippen LogP contribution is 2.35. The number of hydrogen-bond donors (Lipinski definition) is 1. The van der Waals surface area contributed by atoms with Gasteiger partial charge in [-0.1, -0.05) is 12.1 Å². The molecule has 0 bridgehead atoms. The molecule has 0 radical (unpaired) electrons. The molecule has 0 aliphatic carbocycles. The van der Waals surface area contributed by atoms with Gasteiger partial charge >= 0.3 is 6.18 Å². The fourth-order valence-electron chi connectivity index (χ4n) is 1.70. The average molecular weight is 409 g/mol. The van der Waals surface area contributed by atoms with Crippen LogP contribution in [0.5, 0.6) is 0 Å².